The van der Waals surface area contributed by atoms with Crippen LogP contribution in [0.2, 0.25) is 0 Å². The van der Waals surface area contributed by atoms with Crippen LogP contribution in [-0.2, 0) is 0 Å². The summed E-state index contributed by atoms with van der Waals surface area (Å²) < 4.78 is 0. The lowest BCUT2D eigenvalue weighted by Crippen LogP contribution is -1.91. The van der Waals surface area contributed by atoms with Crippen molar-refractivity contribution in [3.8, 4) is 11.1 Å². The molecule has 6 nitrogen and oxygen atoms in total. The van der Waals surface area contributed by atoms with E-state index in [2.05, 4.69) is 21.5 Å². The molecule has 100 valence electrons. The molecule has 2 aromatic carbocycles. The van der Waals surface area contributed by atoms with E-state index in [4.69, 9.17) is 0 Å². The van der Waals surface area contributed by atoms with Crippen LogP contribution in [-0.4, -0.2) is 20.3 Å². The molecule has 0 aliphatic carbocycles. The summed E-state index contributed by atoms with van der Waals surface area (Å²) in [5.41, 5.74) is 4.97. The summed E-state index contributed by atoms with van der Waals surface area (Å²) in [7, 11) is 0. The summed E-state index contributed by atoms with van der Waals surface area (Å²) >= 11 is 0. The van der Waals surface area contributed by atoms with Crippen molar-refractivity contribution in [1.82, 2.24) is 15.4 Å². The van der Waals surface area contributed by atoms with Crippen LogP contribution >= 0.6 is 0 Å². The Labute approximate surface area is 114 Å². The third kappa shape index (κ3) is 2.01. The van der Waals surface area contributed by atoms with Crippen LogP contribution in [0.15, 0.2) is 30.3 Å². The van der Waals surface area contributed by atoms with Gasteiger partial charge in [-0.2, -0.15) is 15.4 Å². The van der Waals surface area contributed by atoms with Gasteiger partial charge in [0.1, 0.15) is 11.0 Å². The summed E-state index contributed by atoms with van der Waals surface area (Å²) in [5, 5.41) is 21.6. The number of rotatable bonds is 2. The van der Waals surface area contributed by atoms with Gasteiger partial charge in [-0.3, -0.25) is 10.1 Å². The number of nitro groups is 1. The maximum absolute atomic E-state index is 11.0. The lowest BCUT2D eigenvalue weighted by Gasteiger charge is -2.06. The molecule has 6 heteroatoms. The Bertz CT molecular complexity index is 803. The first-order valence-electron chi connectivity index (χ1n) is 6.12. The largest absolute Gasteiger partial charge is 0.272 e. The third-order valence-corrected chi connectivity index (χ3v) is 3.15. The van der Waals surface area contributed by atoms with Crippen molar-refractivity contribution in [2.45, 2.75) is 13.8 Å². The second kappa shape index (κ2) is 4.41. The number of nitrogens with one attached hydrogen (secondary N) is 1. The molecule has 0 atom stereocenters. The Hall–Kier alpha value is -2.76. The van der Waals surface area contributed by atoms with Crippen LogP contribution in [0, 0.1) is 24.0 Å². The van der Waals surface area contributed by atoms with Crippen LogP contribution < -0.4 is 0 Å². The van der Waals surface area contributed by atoms with Crippen LogP contribution in [0.5, 0.6) is 0 Å². The number of H-pyrrole nitrogens is 1. The van der Waals surface area contributed by atoms with E-state index >= 15 is 0 Å². The van der Waals surface area contributed by atoms with E-state index in [0.717, 1.165) is 22.3 Å². The summed E-state index contributed by atoms with van der Waals surface area (Å²) in [4.78, 5) is 10.6. The number of nitro benzene ring substituents is 1. The van der Waals surface area contributed by atoms with E-state index in [0.29, 0.717) is 11.0 Å². The SMILES string of the molecule is Cc1cc(C)cc(-c2cc([N+](=O)[O-])cc3n[nH]nc23)c1. The smallest absolute Gasteiger partial charge is 0.258 e. The number of nitrogens with zero attached hydrogens (tertiary/aromatic N) is 3. The lowest BCUT2D eigenvalue weighted by molar-refractivity contribution is -0.384. The van der Waals surface area contributed by atoms with Crippen LogP contribution in [0.4, 0.5) is 5.69 Å². The summed E-state index contributed by atoms with van der Waals surface area (Å²) in [6.07, 6.45) is 0. The fourth-order valence-corrected chi connectivity index (χ4v) is 2.39. The Morgan fingerprint density at radius 1 is 1.05 bits per heavy atom. The molecule has 3 rings (SSSR count). The van der Waals surface area contributed by atoms with Gasteiger partial charge in [-0.15, -0.1) is 0 Å². The van der Waals surface area contributed by atoms with Crippen molar-refractivity contribution in [3.05, 3.63) is 51.6 Å². The summed E-state index contributed by atoms with van der Waals surface area (Å²) in [6.45, 7) is 3.99. The second-order valence-corrected chi connectivity index (χ2v) is 4.82. The standard InChI is InChI=1S/C14H12N4O2/c1-8-3-9(2)5-10(4-8)12-6-11(18(19)20)7-13-14(12)16-17-15-13/h3-7H,1-2H3,(H,15,16,17). The first-order chi connectivity index (χ1) is 9.54. The van der Waals surface area contributed by atoms with E-state index < -0.39 is 4.92 Å². The predicted molar refractivity (Wildman–Crippen MR) is 75.5 cm³/mol. The molecule has 1 aromatic heterocycles. The Kier molecular flexibility index (Phi) is 2.71. The number of fused-ring (bicyclic) bond motifs is 1. The molecule has 0 saturated carbocycles. The van der Waals surface area contributed by atoms with Gasteiger partial charge in [0.15, 0.2) is 0 Å². The third-order valence-electron chi connectivity index (χ3n) is 3.15. The van der Waals surface area contributed by atoms with Gasteiger partial charge in [0.25, 0.3) is 5.69 Å². The molecule has 0 spiro atoms. The van der Waals surface area contributed by atoms with Crippen molar-refractivity contribution in [2.24, 2.45) is 0 Å². The van der Waals surface area contributed by atoms with Gasteiger partial charge in [0.05, 0.1) is 4.92 Å². The molecule has 0 aliphatic rings. The molecule has 0 unspecified atom stereocenters. The molecule has 0 aliphatic heterocycles. The zero-order valence-corrected chi connectivity index (χ0v) is 11.0. The fourth-order valence-electron chi connectivity index (χ4n) is 2.39. The van der Waals surface area contributed by atoms with Crippen molar-refractivity contribution >= 4 is 16.7 Å². The molecular weight excluding hydrogens is 256 g/mol. The van der Waals surface area contributed by atoms with E-state index in [-0.39, 0.29) is 5.69 Å². The van der Waals surface area contributed by atoms with Gasteiger partial charge >= 0.3 is 0 Å². The minimum absolute atomic E-state index is 0.0144. The zero-order chi connectivity index (χ0) is 14.3. The number of non-ortho nitro benzene ring substituents is 1. The number of aryl methyl sites for hydroxylation is 2. The van der Waals surface area contributed by atoms with Gasteiger partial charge in [-0.05, 0) is 19.4 Å². The van der Waals surface area contributed by atoms with Crippen molar-refractivity contribution in [3.63, 3.8) is 0 Å². The average Bonchev–Trinajstić information content (AvgIpc) is 2.84. The Balaban J connectivity index is 2.33. The summed E-state index contributed by atoms with van der Waals surface area (Å²) in [5.74, 6) is 0. The number of hydrogen-bond donors (Lipinski definition) is 1. The molecule has 1 N–H and O–H groups in total. The lowest BCUT2D eigenvalue weighted by atomic mass is 9.99. The first-order valence-corrected chi connectivity index (χ1v) is 6.12. The molecule has 1 heterocycles. The highest BCUT2D eigenvalue weighted by Crippen LogP contribution is 2.31. The van der Waals surface area contributed by atoms with Gasteiger partial charge < -0.3 is 0 Å². The maximum atomic E-state index is 11.0. The molecule has 0 fully saturated rings. The van der Waals surface area contributed by atoms with E-state index in [1.54, 1.807) is 6.07 Å². The molecule has 0 amide bonds. The number of benzene rings is 2. The predicted octanol–water partition coefficient (Wildman–Crippen LogP) is 3.15. The maximum Gasteiger partial charge on any atom is 0.272 e. The Morgan fingerprint density at radius 3 is 2.40 bits per heavy atom. The highest BCUT2D eigenvalue weighted by molar-refractivity contribution is 5.93. The van der Waals surface area contributed by atoms with Crippen molar-refractivity contribution in [2.75, 3.05) is 0 Å². The summed E-state index contributed by atoms with van der Waals surface area (Å²) in [6, 6.07) is 8.99. The first kappa shape index (κ1) is 12.3. The topological polar surface area (TPSA) is 84.7 Å². The monoisotopic (exact) mass is 268 g/mol. The number of aromatic nitrogens is 3. The van der Waals surface area contributed by atoms with Crippen LogP contribution in [0.3, 0.4) is 0 Å². The van der Waals surface area contributed by atoms with Crippen molar-refractivity contribution < 1.29 is 4.92 Å². The van der Waals surface area contributed by atoms with Gasteiger partial charge in [-0.25, -0.2) is 0 Å². The second-order valence-electron chi connectivity index (χ2n) is 4.82. The Morgan fingerprint density at radius 2 is 1.75 bits per heavy atom. The van der Waals surface area contributed by atoms with Gasteiger partial charge in [0, 0.05) is 17.7 Å². The zero-order valence-electron chi connectivity index (χ0n) is 11.0. The number of hydrogen-bond acceptors (Lipinski definition) is 4. The normalized spacial score (nSPS) is 10.9. The van der Waals surface area contributed by atoms with Crippen LogP contribution in [0.25, 0.3) is 22.2 Å². The molecular formula is C14H12N4O2. The highest BCUT2D eigenvalue weighted by Gasteiger charge is 2.16. The fraction of sp³-hybridized carbons (Fsp3) is 0.143. The van der Waals surface area contributed by atoms with Crippen molar-refractivity contribution in [1.29, 1.82) is 0 Å². The minimum atomic E-state index is -0.416. The van der Waals surface area contributed by atoms with E-state index in [9.17, 15) is 10.1 Å². The van der Waals surface area contributed by atoms with Gasteiger partial charge in [-0.1, -0.05) is 29.3 Å². The molecule has 20 heavy (non-hydrogen) atoms. The van der Waals surface area contributed by atoms with Crippen LogP contribution in [0.1, 0.15) is 11.1 Å². The average molecular weight is 268 g/mol. The van der Waals surface area contributed by atoms with E-state index in [1.165, 1.54) is 6.07 Å². The molecule has 0 radical (unpaired) electrons. The van der Waals surface area contributed by atoms with E-state index in [1.807, 2.05) is 26.0 Å². The van der Waals surface area contributed by atoms with Gasteiger partial charge in [0.2, 0.25) is 0 Å². The minimum Gasteiger partial charge on any atom is -0.258 e. The quantitative estimate of drug-likeness (QED) is 0.571. The molecule has 0 bridgehead atoms. The number of aromatic amines is 1. The molecule has 3 aromatic rings. The molecule has 0 saturated heterocycles. The highest BCUT2D eigenvalue weighted by atomic mass is 16.6.